The van der Waals surface area contributed by atoms with Crippen LogP contribution < -0.4 is 11.3 Å². The number of hydrogen-bond donors (Lipinski definition) is 2. The van der Waals surface area contributed by atoms with E-state index in [0.29, 0.717) is 37.7 Å². The summed E-state index contributed by atoms with van der Waals surface area (Å²) in [7, 11) is 3.16. The van der Waals surface area contributed by atoms with Crippen LogP contribution >= 0.6 is 11.6 Å². The molecule has 0 fully saturated rings. The van der Waals surface area contributed by atoms with Crippen LogP contribution in [0.4, 0.5) is 5.82 Å². The van der Waals surface area contributed by atoms with E-state index in [2.05, 4.69) is 10.4 Å². The Kier molecular flexibility index (Phi) is 7.24. The Bertz CT molecular complexity index is 437. The van der Waals surface area contributed by atoms with Crippen LogP contribution in [0.15, 0.2) is 12.1 Å². The highest BCUT2D eigenvalue weighted by Gasteiger charge is 2.17. The second-order valence-electron chi connectivity index (χ2n) is 3.99. The lowest BCUT2D eigenvalue weighted by Gasteiger charge is -2.22. The smallest absolute Gasteiger partial charge is 0.254 e. The third-order valence-corrected chi connectivity index (χ3v) is 2.80. The molecule has 20 heavy (non-hydrogen) atoms. The Labute approximate surface area is 123 Å². The van der Waals surface area contributed by atoms with Gasteiger partial charge < -0.3 is 19.8 Å². The van der Waals surface area contributed by atoms with Gasteiger partial charge in [0.25, 0.3) is 5.91 Å². The van der Waals surface area contributed by atoms with Crippen LogP contribution in [0.3, 0.4) is 0 Å². The van der Waals surface area contributed by atoms with Crippen molar-refractivity contribution < 1.29 is 14.3 Å². The lowest BCUT2D eigenvalue weighted by Crippen LogP contribution is -2.36. The van der Waals surface area contributed by atoms with Crippen LogP contribution in [0.25, 0.3) is 0 Å². The van der Waals surface area contributed by atoms with Gasteiger partial charge in [-0.15, -0.1) is 0 Å². The van der Waals surface area contributed by atoms with E-state index in [1.165, 1.54) is 6.07 Å². The fourth-order valence-electron chi connectivity index (χ4n) is 1.59. The van der Waals surface area contributed by atoms with Gasteiger partial charge in [-0.2, -0.15) is 0 Å². The summed E-state index contributed by atoms with van der Waals surface area (Å²) in [5.41, 5.74) is 2.78. The van der Waals surface area contributed by atoms with Gasteiger partial charge in [-0.1, -0.05) is 11.6 Å². The van der Waals surface area contributed by atoms with E-state index < -0.39 is 0 Å². The number of carbonyl (C=O) groups excluding carboxylic acids is 1. The molecule has 112 valence electrons. The van der Waals surface area contributed by atoms with E-state index in [4.69, 9.17) is 26.9 Å². The summed E-state index contributed by atoms with van der Waals surface area (Å²) in [6.45, 7) is 1.81. The number of anilines is 1. The first-order valence-electron chi connectivity index (χ1n) is 6.03. The molecule has 0 bridgehead atoms. The van der Waals surface area contributed by atoms with E-state index in [-0.39, 0.29) is 11.1 Å². The zero-order valence-corrected chi connectivity index (χ0v) is 12.3. The van der Waals surface area contributed by atoms with E-state index >= 15 is 0 Å². The van der Waals surface area contributed by atoms with Gasteiger partial charge in [-0.25, -0.2) is 10.8 Å². The second kappa shape index (κ2) is 8.70. The summed E-state index contributed by atoms with van der Waals surface area (Å²) in [6.07, 6.45) is 0. The number of methoxy groups -OCH3 is 2. The minimum Gasteiger partial charge on any atom is -0.383 e. The molecule has 0 aliphatic heterocycles. The molecule has 0 aliphatic carbocycles. The molecule has 3 N–H and O–H groups in total. The minimum atomic E-state index is -0.181. The van der Waals surface area contributed by atoms with E-state index in [1.54, 1.807) is 25.2 Å². The lowest BCUT2D eigenvalue weighted by atomic mass is 10.2. The third-order valence-electron chi connectivity index (χ3n) is 2.61. The van der Waals surface area contributed by atoms with Crippen molar-refractivity contribution in [2.24, 2.45) is 5.84 Å². The molecule has 0 saturated carbocycles. The molecule has 1 heterocycles. The Hall–Kier alpha value is -1.41. The number of hydrazine groups is 1. The molecular formula is C12H19ClN4O3. The Morgan fingerprint density at radius 2 is 1.95 bits per heavy atom. The average Bonchev–Trinajstić information content (AvgIpc) is 2.46. The van der Waals surface area contributed by atoms with Crippen molar-refractivity contribution in [3.8, 4) is 0 Å². The summed E-state index contributed by atoms with van der Waals surface area (Å²) in [5, 5.41) is 0.197. The van der Waals surface area contributed by atoms with Gasteiger partial charge in [0, 0.05) is 32.9 Å². The van der Waals surface area contributed by atoms with Gasteiger partial charge in [-0.3, -0.25) is 4.79 Å². The van der Waals surface area contributed by atoms with Crippen molar-refractivity contribution in [3.63, 3.8) is 0 Å². The monoisotopic (exact) mass is 302 g/mol. The molecule has 0 aromatic carbocycles. The normalized spacial score (nSPS) is 10.4. The van der Waals surface area contributed by atoms with Crippen molar-refractivity contribution in [2.75, 3.05) is 45.9 Å². The zero-order chi connectivity index (χ0) is 15.0. The number of carbonyl (C=O) groups is 1. The number of amides is 1. The number of pyridine rings is 1. The first kappa shape index (κ1) is 16.6. The van der Waals surface area contributed by atoms with Crippen molar-refractivity contribution >= 4 is 23.3 Å². The van der Waals surface area contributed by atoms with Gasteiger partial charge >= 0.3 is 0 Å². The molecule has 0 saturated heterocycles. The Morgan fingerprint density at radius 3 is 2.45 bits per heavy atom. The summed E-state index contributed by atoms with van der Waals surface area (Å²) in [5.74, 6) is 5.44. The van der Waals surface area contributed by atoms with E-state index in [9.17, 15) is 4.79 Å². The first-order chi connectivity index (χ1) is 9.62. The van der Waals surface area contributed by atoms with Crippen molar-refractivity contribution in [2.45, 2.75) is 0 Å². The molecule has 7 nitrogen and oxygen atoms in total. The maximum Gasteiger partial charge on any atom is 0.254 e. The van der Waals surface area contributed by atoms with Crippen LogP contribution in [-0.2, 0) is 9.47 Å². The molecule has 0 spiro atoms. The predicted molar refractivity (Wildman–Crippen MR) is 76.7 cm³/mol. The van der Waals surface area contributed by atoms with Crippen LogP contribution in [0.5, 0.6) is 0 Å². The van der Waals surface area contributed by atoms with E-state index in [0.717, 1.165) is 0 Å². The molecule has 1 rings (SSSR count). The highest BCUT2D eigenvalue weighted by atomic mass is 35.5. The summed E-state index contributed by atoms with van der Waals surface area (Å²) in [6, 6.07) is 3.04. The van der Waals surface area contributed by atoms with Crippen LogP contribution in [0, 0.1) is 0 Å². The molecule has 0 radical (unpaired) electrons. The number of aromatic nitrogens is 1. The third kappa shape index (κ3) is 4.93. The molecule has 8 heteroatoms. The Balaban J connectivity index is 2.89. The van der Waals surface area contributed by atoms with E-state index in [1.807, 2.05) is 0 Å². The fourth-order valence-corrected chi connectivity index (χ4v) is 1.80. The molecule has 1 amide bonds. The largest absolute Gasteiger partial charge is 0.383 e. The highest BCUT2D eigenvalue weighted by molar-refractivity contribution is 6.29. The summed E-state index contributed by atoms with van der Waals surface area (Å²) < 4.78 is 10.0. The fraction of sp³-hybridized carbons (Fsp3) is 0.500. The van der Waals surface area contributed by atoms with Crippen molar-refractivity contribution in [1.82, 2.24) is 9.88 Å². The van der Waals surface area contributed by atoms with Gasteiger partial charge in [0.05, 0.1) is 13.2 Å². The van der Waals surface area contributed by atoms with Gasteiger partial charge in [0.2, 0.25) is 0 Å². The highest BCUT2D eigenvalue weighted by Crippen LogP contribution is 2.15. The first-order valence-corrected chi connectivity index (χ1v) is 6.41. The zero-order valence-electron chi connectivity index (χ0n) is 11.6. The number of ether oxygens (including phenoxy) is 2. The number of hydrogen-bond acceptors (Lipinski definition) is 6. The standard InChI is InChI=1S/C12H19ClN4O3/c1-19-5-3-17(4-6-20-2)12(18)9-7-10(13)15-11(8-9)16-14/h7-8H,3-6,14H2,1-2H3,(H,15,16). The number of halogens is 1. The van der Waals surface area contributed by atoms with Crippen LogP contribution in [0.2, 0.25) is 5.15 Å². The topological polar surface area (TPSA) is 89.7 Å². The number of nitrogens with zero attached hydrogens (tertiary/aromatic N) is 2. The predicted octanol–water partition coefficient (Wildman–Crippen LogP) is 0.756. The van der Waals surface area contributed by atoms with Gasteiger partial charge in [0.15, 0.2) is 0 Å². The van der Waals surface area contributed by atoms with Crippen LogP contribution in [-0.4, -0.2) is 56.3 Å². The molecule has 1 aromatic heterocycles. The van der Waals surface area contributed by atoms with Gasteiger partial charge in [-0.05, 0) is 12.1 Å². The molecular weight excluding hydrogens is 284 g/mol. The SMILES string of the molecule is COCCN(CCOC)C(=O)c1cc(Cl)nc(NN)c1. The number of nitrogens with one attached hydrogen (secondary N) is 1. The average molecular weight is 303 g/mol. The maximum absolute atomic E-state index is 12.4. The minimum absolute atomic E-state index is 0.181. The number of nitrogens with two attached hydrogens (primary N) is 1. The van der Waals surface area contributed by atoms with Crippen molar-refractivity contribution in [3.05, 3.63) is 22.8 Å². The summed E-state index contributed by atoms with van der Waals surface area (Å²) in [4.78, 5) is 18.0. The van der Waals surface area contributed by atoms with Crippen LogP contribution in [0.1, 0.15) is 10.4 Å². The number of nitrogen functional groups attached to an aromatic ring is 1. The lowest BCUT2D eigenvalue weighted by molar-refractivity contribution is 0.0627. The van der Waals surface area contributed by atoms with Gasteiger partial charge in [0.1, 0.15) is 11.0 Å². The molecule has 0 aliphatic rings. The van der Waals surface area contributed by atoms with Crippen molar-refractivity contribution in [1.29, 1.82) is 0 Å². The summed E-state index contributed by atoms with van der Waals surface area (Å²) >= 11 is 5.86. The molecule has 0 atom stereocenters. The number of rotatable bonds is 8. The maximum atomic E-state index is 12.4. The second-order valence-corrected chi connectivity index (χ2v) is 4.37. The molecule has 1 aromatic rings. The quantitative estimate of drug-likeness (QED) is 0.418. The Morgan fingerprint density at radius 1 is 1.35 bits per heavy atom. The molecule has 0 unspecified atom stereocenters.